The minimum absolute atomic E-state index is 0.0605. The van der Waals surface area contributed by atoms with E-state index in [0.717, 1.165) is 22.7 Å². The molecule has 0 aliphatic rings. The molecule has 3 nitrogen and oxygen atoms in total. The third-order valence-electron chi connectivity index (χ3n) is 5.47. The fourth-order valence-electron chi connectivity index (χ4n) is 3.51. The molecule has 0 unspecified atom stereocenters. The molecule has 1 amide bonds. The lowest BCUT2D eigenvalue weighted by atomic mass is 9.98. The molecule has 0 saturated carbocycles. The van der Waals surface area contributed by atoms with E-state index in [0.29, 0.717) is 6.42 Å². The van der Waals surface area contributed by atoms with Crippen LogP contribution in [0, 0.1) is 0 Å². The topological polar surface area (TPSA) is 49.3 Å². The highest BCUT2D eigenvalue weighted by Gasteiger charge is 2.25. The van der Waals surface area contributed by atoms with Gasteiger partial charge in [-0.3, -0.25) is 4.79 Å². The van der Waals surface area contributed by atoms with Crippen LogP contribution in [0.5, 0.6) is 0 Å². The summed E-state index contributed by atoms with van der Waals surface area (Å²) in [5, 5.41) is 13.8. The second-order valence-corrected chi connectivity index (χ2v) is 12.9. The van der Waals surface area contributed by atoms with Crippen LogP contribution in [0.15, 0.2) is 84.9 Å². The molecule has 3 rings (SSSR count). The number of hydrogen-bond acceptors (Lipinski definition) is 2. The third kappa shape index (κ3) is 5.65. The molecule has 29 heavy (non-hydrogen) atoms. The van der Waals surface area contributed by atoms with Crippen molar-refractivity contribution in [2.24, 2.45) is 0 Å². The fraction of sp³-hybridized carbons (Fsp3) is 0.240. The molecule has 0 aliphatic carbocycles. The lowest BCUT2D eigenvalue weighted by Gasteiger charge is -2.24. The summed E-state index contributed by atoms with van der Waals surface area (Å²) >= 11 is 0. The molecule has 0 bridgehead atoms. The molecule has 3 aromatic rings. The van der Waals surface area contributed by atoms with Crippen LogP contribution in [0.3, 0.4) is 0 Å². The molecule has 0 aliphatic heterocycles. The number of hydrogen-bond donors (Lipinski definition) is 2. The van der Waals surface area contributed by atoms with Gasteiger partial charge in [-0.2, -0.15) is 0 Å². The summed E-state index contributed by atoms with van der Waals surface area (Å²) < 4.78 is 0. The van der Waals surface area contributed by atoms with E-state index in [1.54, 1.807) is 0 Å². The zero-order chi connectivity index (χ0) is 20.7. The van der Waals surface area contributed by atoms with Gasteiger partial charge in [0.1, 0.15) is 0 Å². The lowest BCUT2D eigenvalue weighted by molar-refractivity contribution is -0.121. The normalized spacial score (nSPS) is 11.4. The van der Waals surface area contributed by atoms with Crippen LogP contribution in [0.25, 0.3) is 0 Å². The van der Waals surface area contributed by atoms with Crippen molar-refractivity contribution in [1.82, 2.24) is 5.32 Å². The number of benzene rings is 3. The molecule has 2 N–H and O–H groups in total. The van der Waals surface area contributed by atoms with Gasteiger partial charge in [0.2, 0.25) is 5.91 Å². The van der Waals surface area contributed by atoms with Gasteiger partial charge >= 0.3 is 0 Å². The van der Waals surface area contributed by atoms with Gasteiger partial charge in [0.15, 0.2) is 0 Å². The monoisotopic (exact) mass is 403 g/mol. The van der Waals surface area contributed by atoms with Crippen molar-refractivity contribution in [2.45, 2.75) is 38.2 Å². The first-order chi connectivity index (χ1) is 14.0. The Labute approximate surface area is 174 Å². The van der Waals surface area contributed by atoms with Gasteiger partial charge in [-0.15, -0.1) is 0 Å². The number of aliphatic hydroxyl groups is 1. The minimum atomic E-state index is -1.73. The highest BCUT2D eigenvalue weighted by molar-refractivity contribution is 6.89. The van der Waals surface area contributed by atoms with Crippen molar-refractivity contribution in [3.8, 4) is 0 Å². The average molecular weight is 404 g/mol. The number of carbonyl (C=O) groups excluding carboxylic acids is 1. The van der Waals surface area contributed by atoms with E-state index in [-0.39, 0.29) is 18.6 Å². The lowest BCUT2D eigenvalue weighted by Crippen LogP contribution is -2.42. The summed E-state index contributed by atoms with van der Waals surface area (Å²) in [6.45, 7) is 4.64. The molecule has 0 saturated heterocycles. The van der Waals surface area contributed by atoms with Crippen LogP contribution >= 0.6 is 0 Å². The SMILES string of the molecule is C[Si](C)(CCC(=O)NC(c1ccccc1)c1ccccc1)c1ccc(CO)cc1. The predicted octanol–water partition coefficient (Wildman–Crippen LogP) is 4.39. The first kappa shape index (κ1) is 21.0. The van der Waals surface area contributed by atoms with E-state index in [2.05, 4.69) is 54.8 Å². The third-order valence-corrected chi connectivity index (χ3v) is 8.86. The molecule has 0 heterocycles. The van der Waals surface area contributed by atoms with Crippen LogP contribution in [0.4, 0.5) is 0 Å². The van der Waals surface area contributed by atoms with Crippen molar-refractivity contribution < 1.29 is 9.90 Å². The smallest absolute Gasteiger partial charge is 0.220 e. The van der Waals surface area contributed by atoms with Crippen LogP contribution in [0.2, 0.25) is 19.1 Å². The second kappa shape index (κ2) is 9.68. The molecule has 3 aromatic carbocycles. The Balaban J connectivity index is 1.68. The van der Waals surface area contributed by atoms with Gasteiger partial charge in [-0.25, -0.2) is 0 Å². The molecular formula is C25H29NO2Si. The van der Waals surface area contributed by atoms with E-state index in [9.17, 15) is 9.90 Å². The Morgan fingerprint density at radius 2 is 1.38 bits per heavy atom. The Morgan fingerprint density at radius 3 is 1.86 bits per heavy atom. The Morgan fingerprint density at radius 1 is 0.862 bits per heavy atom. The van der Waals surface area contributed by atoms with Gasteiger partial charge < -0.3 is 10.4 Å². The number of nitrogens with one attached hydrogen (secondary N) is 1. The molecule has 0 radical (unpaired) electrons. The zero-order valence-corrected chi connectivity index (χ0v) is 18.1. The van der Waals surface area contributed by atoms with Crippen molar-refractivity contribution in [3.05, 3.63) is 102 Å². The van der Waals surface area contributed by atoms with E-state index in [4.69, 9.17) is 0 Å². The number of amides is 1. The minimum Gasteiger partial charge on any atom is -0.392 e. The molecule has 4 heteroatoms. The Kier molecular flexibility index (Phi) is 7.02. The standard InChI is InChI=1S/C25H29NO2Si/c1-29(2,23-15-13-20(19-27)14-16-23)18-17-24(28)26-25(21-9-5-3-6-10-21)22-11-7-4-8-12-22/h3-16,25,27H,17-19H2,1-2H3,(H,26,28). The van der Waals surface area contributed by atoms with Gasteiger partial charge in [0.05, 0.1) is 20.7 Å². The van der Waals surface area contributed by atoms with Crippen LogP contribution in [-0.2, 0) is 11.4 Å². The maximum Gasteiger partial charge on any atom is 0.220 e. The summed E-state index contributed by atoms with van der Waals surface area (Å²) in [6.07, 6.45) is 0.511. The maximum atomic E-state index is 12.9. The summed E-state index contributed by atoms with van der Waals surface area (Å²) in [7, 11) is -1.73. The first-order valence-electron chi connectivity index (χ1n) is 10.1. The van der Waals surface area contributed by atoms with Gasteiger partial charge in [0, 0.05) is 6.42 Å². The predicted molar refractivity (Wildman–Crippen MR) is 122 cm³/mol. The van der Waals surface area contributed by atoms with Crippen LogP contribution in [0.1, 0.15) is 29.2 Å². The summed E-state index contributed by atoms with van der Waals surface area (Å²) in [5.74, 6) is 0.0789. The van der Waals surface area contributed by atoms with Crippen molar-refractivity contribution in [2.75, 3.05) is 0 Å². The second-order valence-electron chi connectivity index (χ2n) is 8.06. The Hall–Kier alpha value is -2.69. The molecule has 0 fully saturated rings. The zero-order valence-electron chi connectivity index (χ0n) is 17.1. The number of carbonyl (C=O) groups is 1. The quantitative estimate of drug-likeness (QED) is 0.548. The van der Waals surface area contributed by atoms with Gasteiger partial charge in [-0.05, 0) is 22.7 Å². The summed E-state index contributed by atoms with van der Waals surface area (Å²) in [4.78, 5) is 12.9. The van der Waals surface area contributed by atoms with Crippen molar-refractivity contribution >= 4 is 19.2 Å². The van der Waals surface area contributed by atoms with Gasteiger partial charge in [-0.1, -0.05) is 103 Å². The fourth-order valence-corrected chi connectivity index (χ4v) is 5.72. The van der Waals surface area contributed by atoms with E-state index >= 15 is 0 Å². The maximum absolute atomic E-state index is 12.9. The first-order valence-corrected chi connectivity index (χ1v) is 13.3. The van der Waals surface area contributed by atoms with Crippen molar-refractivity contribution in [3.63, 3.8) is 0 Å². The highest BCUT2D eigenvalue weighted by atomic mass is 28.3. The van der Waals surface area contributed by atoms with E-state index in [1.807, 2.05) is 48.5 Å². The van der Waals surface area contributed by atoms with Gasteiger partial charge in [0.25, 0.3) is 0 Å². The van der Waals surface area contributed by atoms with Crippen molar-refractivity contribution in [1.29, 1.82) is 0 Å². The molecule has 0 aromatic heterocycles. The average Bonchev–Trinajstić information content (AvgIpc) is 2.77. The summed E-state index contributed by atoms with van der Waals surface area (Å²) in [6, 6.07) is 29.1. The van der Waals surface area contributed by atoms with E-state index < -0.39 is 8.07 Å². The molecule has 0 atom stereocenters. The van der Waals surface area contributed by atoms with E-state index in [1.165, 1.54) is 5.19 Å². The van der Waals surface area contributed by atoms with Crippen LogP contribution < -0.4 is 10.5 Å². The molecular weight excluding hydrogens is 374 g/mol. The number of aliphatic hydroxyl groups excluding tert-OH is 1. The molecule has 150 valence electrons. The van der Waals surface area contributed by atoms with Crippen LogP contribution in [-0.4, -0.2) is 19.1 Å². The molecule has 0 spiro atoms. The highest BCUT2D eigenvalue weighted by Crippen LogP contribution is 2.22. The largest absolute Gasteiger partial charge is 0.392 e. The Bertz CT molecular complexity index is 869. The number of rotatable bonds is 8. The summed E-state index contributed by atoms with van der Waals surface area (Å²) in [5.41, 5.74) is 3.09.